The van der Waals surface area contributed by atoms with Crippen molar-refractivity contribution in [3.8, 4) is 0 Å². The number of likely N-dealkylation sites (tertiary alicyclic amines) is 1. The van der Waals surface area contributed by atoms with Gasteiger partial charge in [0, 0.05) is 25.0 Å². The predicted molar refractivity (Wildman–Crippen MR) is 128 cm³/mol. The summed E-state index contributed by atoms with van der Waals surface area (Å²) < 4.78 is 0. The Bertz CT molecular complexity index is 972. The molecule has 8 nitrogen and oxygen atoms in total. The molecule has 0 aromatic carbocycles. The molecule has 4 heterocycles. The SMILES string of the molecule is CC.Cc1cccc(CN2CCC(CNc3nccc(/C=C4\SC(=O)NC4=O)n3)CC2)n1. The first kappa shape index (κ1) is 23.9. The number of nitrogens with one attached hydrogen (secondary N) is 2. The summed E-state index contributed by atoms with van der Waals surface area (Å²) in [6.07, 6.45) is 5.48. The van der Waals surface area contributed by atoms with Gasteiger partial charge in [-0.2, -0.15) is 0 Å². The van der Waals surface area contributed by atoms with Crippen molar-refractivity contribution in [2.24, 2.45) is 5.92 Å². The van der Waals surface area contributed by atoms with E-state index in [1.54, 1.807) is 18.3 Å². The molecule has 2 saturated heterocycles. The van der Waals surface area contributed by atoms with Crippen molar-refractivity contribution < 1.29 is 9.59 Å². The molecule has 32 heavy (non-hydrogen) atoms. The zero-order valence-electron chi connectivity index (χ0n) is 18.8. The number of imide groups is 1. The Balaban J connectivity index is 0.00000141. The predicted octanol–water partition coefficient (Wildman–Crippen LogP) is 3.85. The number of piperidine rings is 1. The van der Waals surface area contributed by atoms with E-state index in [4.69, 9.17) is 0 Å². The fourth-order valence-electron chi connectivity index (χ4n) is 3.59. The van der Waals surface area contributed by atoms with Crippen LogP contribution in [0.4, 0.5) is 10.7 Å². The summed E-state index contributed by atoms with van der Waals surface area (Å²) in [5.41, 5.74) is 2.78. The maximum absolute atomic E-state index is 11.7. The molecule has 0 spiro atoms. The van der Waals surface area contributed by atoms with Crippen molar-refractivity contribution in [2.45, 2.75) is 40.2 Å². The Hall–Kier alpha value is -2.78. The number of aryl methyl sites for hydroxylation is 1. The first-order valence-corrected chi connectivity index (χ1v) is 11.8. The lowest BCUT2D eigenvalue weighted by Gasteiger charge is -2.31. The minimum absolute atomic E-state index is 0.347. The van der Waals surface area contributed by atoms with E-state index < -0.39 is 0 Å². The molecule has 4 rings (SSSR count). The van der Waals surface area contributed by atoms with Crippen LogP contribution in [-0.4, -0.2) is 50.6 Å². The zero-order valence-corrected chi connectivity index (χ0v) is 19.6. The molecule has 2 aliphatic rings. The number of anilines is 1. The van der Waals surface area contributed by atoms with E-state index in [-0.39, 0.29) is 11.1 Å². The summed E-state index contributed by atoms with van der Waals surface area (Å²) in [4.78, 5) is 39.1. The van der Waals surface area contributed by atoms with Gasteiger partial charge >= 0.3 is 0 Å². The number of hydrogen-bond acceptors (Lipinski definition) is 8. The van der Waals surface area contributed by atoms with E-state index in [0.29, 0.717) is 22.5 Å². The van der Waals surface area contributed by atoms with Crippen LogP contribution in [0.15, 0.2) is 35.4 Å². The van der Waals surface area contributed by atoms with Crippen molar-refractivity contribution in [3.63, 3.8) is 0 Å². The number of pyridine rings is 1. The number of nitrogens with zero attached hydrogens (tertiary/aromatic N) is 4. The monoisotopic (exact) mass is 454 g/mol. The Morgan fingerprint density at radius 2 is 1.97 bits per heavy atom. The Morgan fingerprint density at radius 3 is 2.66 bits per heavy atom. The third-order valence-corrected chi connectivity index (χ3v) is 6.00. The third-order valence-electron chi connectivity index (χ3n) is 5.19. The standard InChI is InChI=1S/C21H24N6O2S.C2H6/c1-14-3-2-4-17(24-14)13-27-9-6-15(7-10-27)12-23-20-22-8-5-16(25-20)11-18-19(28)26-21(29)30-18;1-2/h2-5,8,11,15H,6-7,9-10,12-13H2,1H3,(H,22,23,25)(H,26,28,29);1-2H3/b18-11-;. The van der Waals surface area contributed by atoms with Gasteiger partial charge in [0.1, 0.15) is 0 Å². The van der Waals surface area contributed by atoms with Crippen molar-refractivity contribution in [1.82, 2.24) is 25.2 Å². The molecule has 170 valence electrons. The lowest BCUT2D eigenvalue weighted by Crippen LogP contribution is -2.35. The van der Waals surface area contributed by atoms with E-state index in [1.807, 2.05) is 26.8 Å². The smallest absolute Gasteiger partial charge is 0.290 e. The largest absolute Gasteiger partial charge is 0.354 e. The lowest BCUT2D eigenvalue weighted by atomic mass is 9.96. The Labute approximate surface area is 193 Å². The maximum Gasteiger partial charge on any atom is 0.290 e. The molecule has 2 amide bonds. The molecular formula is C23H30N6O2S. The zero-order chi connectivity index (χ0) is 22.9. The van der Waals surface area contributed by atoms with E-state index in [2.05, 4.69) is 42.6 Å². The van der Waals surface area contributed by atoms with Crippen molar-refractivity contribution in [1.29, 1.82) is 0 Å². The average Bonchev–Trinajstić information content (AvgIpc) is 3.11. The number of carbonyl (C=O) groups is 2. The molecule has 0 bridgehead atoms. The highest BCUT2D eigenvalue weighted by Gasteiger charge is 2.25. The van der Waals surface area contributed by atoms with Crippen LogP contribution in [0.1, 0.15) is 43.8 Å². The number of carbonyl (C=O) groups excluding carboxylic acids is 2. The second-order valence-electron chi connectivity index (χ2n) is 7.53. The molecular weight excluding hydrogens is 424 g/mol. The molecule has 2 aromatic heterocycles. The van der Waals surface area contributed by atoms with E-state index in [1.165, 1.54) is 0 Å². The van der Waals surface area contributed by atoms with Gasteiger partial charge in [-0.25, -0.2) is 9.97 Å². The van der Waals surface area contributed by atoms with Crippen molar-refractivity contribution in [2.75, 3.05) is 25.0 Å². The minimum Gasteiger partial charge on any atom is -0.354 e. The molecule has 0 aliphatic carbocycles. The third kappa shape index (κ3) is 6.86. The fraction of sp³-hybridized carbons (Fsp3) is 0.435. The molecule has 2 aromatic rings. The summed E-state index contributed by atoms with van der Waals surface area (Å²) in [6, 6.07) is 7.89. The minimum atomic E-state index is -0.384. The van der Waals surface area contributed by atoms with Gasteiger partial charge in [0.25, 0.3) is 11.1 Å². The fourth-order valence-corrected chi connectivity index (χ4v) is 4.26. The Morgan fingerprint density at radius 1 is 1.19 bits per heavy atom. The molecule has 0 unspecified atom stereocenters. The molecule has 0 atom stereocenters. The second kappa shape index (κ2) is 11.7. The van der Waals surface area contributed by atoms with Crippen LogP contribution >= 0.6 is 11.8 Å². The number of rotatable bonds is 6. The molecule has 2 aliphatic heterocycles. The van der Waals surface area contributed by atoms with Gasteiger partial charge in [-0.3, -0.25) is 24.8 Å². The topological polar surface area (TPSA) is 100 Å². The van der Waals surface area contributed by atoms with Crippen LogP contribution in [0.2, 0.25) is 0 Å². The summed E-state index contributed by atoms with van der Waals surface area (Å²) in [6.45, 7) is 9.83. The number of aromatic nitrogens is 3. The van der Waals surface area contributed by atoms with E-state index in [0.717, 1.165) is 62.2 Å². The summed E-state index contributed by atoms with van der Waals surface area (Å²) in [5.74, 6) is 0.710. The highest BCUT2D eigenvalue weighted by Crippen LogP contribution is 2.25. The number of amides is 2. The van der Waals surface area contributed by atoms with Gasteiger partial charge in [0.15, 0.2) is 0 Å². The van der Waals surface area contributed by atoms with Crippen LogP contribution in [0.25, 0.3) is 6.08 Å². The summed E-state index contributed by atoms with van der Waals surface area (Å²) in [5, 5.41) is 5.20. The molecule has 9 heteroatoms. The van der Waals surface area contributed by atoms with Crippen LogP contribution in [0, 0.1) is 12.8 Å². The van der Waals surface area contributed by atoms with Gasteiger partial charge in [0.2, 0.25) is 5.95 Å². The second-order valence-corrected chi connectivity index (χ2v) is 8.54. The molecule has 2 N–H and O–H groups in total. The number of thioether (sulfide) groups is 1. The van der Waals surface area contributed by atoms with E-state index >= 15 is 0 Å². The number of hydrogen-bond donors (Lipinski definition) is 2. The van der Waals surface area contributed by atoms with Gasteiger partial charge < -0.3 is 5.32 Å². The van der Waals surface area contributed by atoms with Gasteiger partial charge in [-0.1, -0.05) is 19.9 Å². The maximum atomic E-state index is 11.7. The lowest BCUT2D eigenvalue weighted by molar-refractivity contribution is -0.115. The average molecular weight is 455 g/mol. The van der Waals surface area contributed by atoms with E-state index in [9.17, 15) is 9.59 Å². The molecule has 2 fully saturated rings. The molecule has 0 radical (unpaired) electrons. The quantitative estimate of drug-likeness (QED) is 0.635. The molecule has 0 saturated carbocycles. The first-order valence-electron chi connectivity index (χ1n) is 11.0. The first-order chi connectivity index (χ1) is 15.5. The summed E-state index contributed by atoms with van der Waals surface area (Å²) in [7, 11) is 0. The Kier molecular flexibility index (Phi) is 8.75. The normalized spacial score (nSPS) is 18.3. The van der Waals surface area contributed by atoms with Crippen molar-refractivity contribution in [3.05, 3.63) is 52.4 Å². The van der Waals surface area contributed by atoms with Gasteiger partial charge in [-0.05, 0) is 74.8 Å². The summed E-state index contributed by atoms with van der Waals surface area (Å²) >= 11 is 0.883. The van der Waals surface area contributed by atoms with Crippen LogP contribution in [0.5, 0.6) is 0 Å². The van der Waals surface area contributed by atoms with Gasteiger partial charge in [-0.15, -0.1) is 0 Å². The van der Waals surface area contributed by atoms with Crippen LogP contribution in [-0.2, 0) is 11.3 Å². The highest BCUT2D eigenvalue weighted by atomic mass is 32.2. The highest BCUT2D eigenvalue weighted by molar-refractivity contribution is 8.18. The van der Waals surface area contributed by atoms with Gasteiger partial charge in [0.05, 0.1) is 16.3 Å². The van der Waals surface area contributed by atoms with Crippen LogP contribution < -0.4 is 10.6 Å². The van der Waals surface area contributed by atoms with Crippen LogP contribution in [0.3, 0.4) is 0 Å². The van der Waals surface area contributed by atoms with Crippen molar-refractivity contribution >= 4 is 34.9 Å².